The number of carbonyl (C=O) groups is 1. The van der Waals surface area contributed by atoms with E-state index in [1.165, 1.54) is 17.5 Å². The number of nitrogens with zero attached hydrogens (tertiary/aromatic N) is 7. The zero-order valence-electron chi connectivity index (χ0n) is 17.7. The molecule has 4 aromatic heterocycles. The minimum Gasteiger partial charge on any atom is -0.389 e. The molecular weight excluding hydrogens is 430 g/mol. The molecule has 1 amide bonds. The summed E-state index contributed by atoms with van der Waals surface area (Å²) in [5.74, 6) is 0.988. The highest BCUT2D eigenvalue weighted by atomic mass is 32.1. The maximum absolute atomic E-state index is 12.8. The Morgan fingerprint density at radius 1 is 1.22 bits per heavy atom. The third-order valence-corrected chi connectivity index (χ3v) is 7.07. The minimum atomic E-state index is -0.724. The van der Waals surface area contributed by atoms with Crippen LogP contribution in [0.3, 0.4) is 0 Å². The second-order valence-electron chi connectivity index (χ2n) is 7.88. The fourth-order valence-electron chi connectivity index (χ4n) is 4.12. The molecule has 0 aliphatic carbocycles. The number of nitrogens with two attached hydrogens (primary N) is 1. The van der Waals surface area contributed by atoms with Gasteiger partial charge in [0.25, 0.3) is 0 Å². The van der Waals surface area contributed by atoms with Gasteiger partial charge in [0.15, 0.2) is 11.5 Å². The largest absolute Gasteiger partial charge is 0.389 e. The first kappa shape index (κ1) is 20.5. The third kappa shape index (κ3) is 3.41. The Bertz CT molecular complexity index is 1320. The standard InChI is InChI=1S/C20H23N9O2S/c1-10-11(2)32-20-15(10)18(24-8-26-20)22-4-3-14(31)28-5-12(13(30)6-28)29-9-27-16-17(21)23-7-25-19(16)29/h7-9,12-13,30H,3-6H2,1-2H3,(H2,21,23,25)(H,22,24,26)/t12-,13-/m1/s1. The molecule has 2 atom stereocenters. The molecule has 0 aromatic carbocycles. The molecule has 1 fully saturated rings. The van der Waals surface area contributed by atoms with E-state index in [0.29, 0.717) is 24.3 Å². The van der Waals surface area contributed by atoms with Crippen LogP contribution in [0.15, 0.2) is 19.0 Å². The van der Waals surface area contributed by atoms with Crippen LogP contribution in [0.5, 0.6) is 0 Å². The van der Waals surface area contributed by atoms with Gasteiger partial charge in [-0.05, 0) is 19.4 Å². The van der Waals surface area contributed by atoms with Gasteiger partial charge in [0.05, 0.1) is 23.9 Å². The summed E-state index contributed by atoms with van der Waals surface area (Å²) in [4.78, 5) is 37.8. The molecule has 1 saturated heterocycles. The van der Waals surface area contributed by atoms with Gasteiger partial charge in [-0.3, -0.25) is 4.79 Å². The van der Waals surface area contributed by atoms with E-state index in [-0.39, 0.29) is 30.7 Å². The Kier molecular flexibility index (Phi) is 5.10. The van der Waals surface area contributed by atoms with Crippen LogP contribution in [0.25, 0.3) is 21.4 Å². The number of carbonyl (C=O) groups excluding carboxylic acids is 1. The van der Waals surface area contributed by atoms with Gasteiger partial charge < -0.3 is 25.6 Å². The molecule has 0 saturated carbocycles. The zero-order chi connectivity index (χ0) is 22.4. The number of nitrogen functional groups attached to an aromatic ring is 1. The van der Waals surface area contributed by atoms with Crippen molar-refractivity contribution in [3.63, 3.8) is 0 Å². The van der Waals surface area contributed by atoms with Crippen LogP contribution in [-0.4, -0.2) is 71.1 Å². The number of imidazole rings is 1. The predicted octanol–water partition coefficient (Wildman–Crippen LogP) is 1.28. The first-order chi connectivity index (χ1) is 15.4. The molecule has 12 heteroatoms. The Balaban J connectivity index is 1.25. The van der Waals surface area contributed by atoms with Gasteiger partial charge in [-0.2, -0.15) is 0 Å². The van der Waals surface area contributed by atoms with Crippen molar-refractivity contribution in [1.82, 2.24) is 34.4 Å². The molecule has 5 heterocycles. The van der Waals surface area contributed by atoms with Crippen molar-refractivity contribution < 1.29 is 9.90 Å². The van der Waals surface area contributed by atoms with Crippen molar-refractivity contribution in [1.29, 1.82) is 0 Å². The Labute approximate surface area is 187 Å². The topological polar surface area (TPSA) is 148 Å². The first-order valence-electron chi connectivity index (χ1n) is 10.3. The second-order valence-corrected chi connectivity index (χ2v) is 9.08. The average molecular weight is 454 g/mol. The molecule has 166 valence electrons. The molecular formula is C20H23N9O2S. The van der Waals surface area contributed by atoms with Crippen LogP contribution < -0.4 is 11.1 Å². The van der Waals surface area contributed by atoms with Gasteiger partial charge >= 0.3 is 0 Å². The highest BCUT2D eigenvalue weighted by Gasteiger charge is 2.36. The molecule has 4 aromatic rings. The van der Waals surface area contributed by atoms with E-state index in [4.69, 9.17) is 5.73 Å². The summed E-state index contributed by atoms with van der Waals surface area (Å²) in [5.41, 5.74) is 8.05. The number of likely N-dealkylation sites (tertiary alicyclic amines) is 1. The summed E-state index contributed by atoms with van der Waals surface area (Å²) in [7, 11) is 0. The normalized spacial score (nSPS) is 18.7. The number of nitrogens with one attached hydrogen (secondary N) is 1. The molecule has 0 spiro atoms. The first-order valence-corrected chi connectivity index (χ1v) is 11.1. The molecule has 5 rings (SSSR count). The maximum Gasteiger partial charge on any atom is 0.224 e. The Morgan fingerprint density at radius 2 is 2.03 bits per heavy atom. The third-order valence-electron chi connectivity index (χ3n) is 5.95. The molecule has 1 aliphatic rings. The van der Waals surface area contributed by atoms with Crippen LogP contribution in [-0.2, 0) is 4.79 Å². The summed E-state index contributed by atoms with van der Waals surface area (Å²) < 4.78 is 1.77. The zero-order valence-corrected chi connectivity index (χ0v) is 18.5. The lowest BCUT2D eigenvalue weighted by Crippen LogP contribution is -2.31. The van der Waals surface area contributed by atoms with Gasteiger partial charge in [-0.25, -0.2) is 24.9 Å². The number of rotatable bonds is 5. The van der Waals surface area contributed by atoms with Crippen molar-refractivity contribution in [2.75, 3.05) is 30.7 Å². The quantitative estimate of drug-likeness (QED) is 0.406. The number of aryl methyl sites for hydroxylation is 2. The van der Waals surface area contributed by atoms with E-state index >= 15 is 0 Å². The molecule has 0 radical (unpaired) electrons. The number of aliphatic hydroxyl groups excluding tert-OH is 1. The smallest absolute Gasteiger partial charge is 0.224 e. The number of fused-ring (bicyclic) bond motifs is 2. The lowest BCUT2D eigenvalue weighted by Gasteiger charge is -2.17. The lowest BCUT2D eigenvalue weighted by atomic mass is 10.2. The Hall–Kier alpha value is -3.38. The van der Waals surface area contributed by atoms with Gasteiger partial charge in [0.1, 0.15) is 28.8 Å². The number of aromatic nitrogens is 6. The molecule has 32 heavy (non-hydrogen) atoms. The fraction of sp³-hybridized carbons (Fsp3) is 0.400. The van der Waals surface area contributed by atoms with Crippen LogP contribution in [0.1, 0.15) is 22.9 Å². The highest BCUT2D eigenvalue weighted by Crippen LogP contribution is 2.32. The van der Waals surface area contributed by atoms with Crippen molar-refractivity contribution in [2.45, 2.75) is 32.4 Å². The summed E-state index contributed by atoms with van der Waals surface area (Å²) >= 11 is 1.64. The maximum atomic E-state index is 12.8. The van der Waals surface area contributed by atoms with Gasteiger partial charge in [-0.15, -0.1) is 11.3 Å². The molecule has 4 N–H and O–H groups in total. The fourth-order valence-corrected chi connectivity index (χ4v) is 5.12. The monoisotopic (exact) mass is 453 g/mol. The number of amides is 1. The summed E-state index contributed by atoms with van der Waals surface area (Å²) in [5, 5.41) is 14.9. The molecule has 0 bridgehead atoms. The van der Waals surface area contributed by atoms with E-state index in [9.17, 15) is 9.90 Å². The number of hydrogen-bond acceptors (Lipinski definition) is 10. The van der Waals surface area contributed by atoms with Gasteiger partial charge in [-0.1, -0.05) is 0 Å². The molecule has 0 unspecified atom stereocenters. The number of β-amino-alcohol motifs (C(OH)–C–C–N with tert-alkyl or cyclic N) is 1. The van der Waals surface area contributed by atoms with Crippen LogP contribution in [0.4, 0.5) is 11.6 Å². The second kappa shape index (κ2) is 7.95. The number of aliphatic hydroxyl groups is 1. The number of hydrogen-bond donors (Lipinski definition) is 3. The number of anilines is 2. The van der Waals surface area contributed by atoms with Crippen molar-refractivity contribution >= 4 is 50.3 Å². The lowest BCUT2D eigenvalue weighted by molar-refractivity contribution is -0.130. The van der Waals surface area contributed by atoms with E-state index < -0.39 is 6.10 Å². The average Bonchev–Trinajstić information content (AvgIpc) is 3.45. The van der Waals surface area contributed by atoms with Crippen LogP contribution in [0, 0.1) is 13.8 Å². The van der Waals surface area contributed by atoms with Crippen molar-refractivity contribution in [3.8, 4) is 0 Å². The van der Waals surface area contributed by atoms with E-state index in [1.807, 2.05) is 0 Å². The molecule has 11 nitrogen and oxygen atoms in total. The van der Waals surface area contributed by atoms with Crippen molar-refractivity contribution in [2.24, 2.45) is 0 Å². The Morgan fingerprint density at radius 3 is 2.88 bits per heavy atom. The SMILES string of the molecule is Cc1sc2ncnc(NCCC(=O)N3C[C@@H](O)[C@H](n4cnc5c(N)ncnc54)C3)c2c1C. The minimum absolute atomic E-state index is 0.0406. The van der Waals surface area contributed by atoms with Crippen LogP contribution in [0.2, 0.25) is 0 Å². The molecule has 1 aliphatic heterocycles. The van der Waals surface area contributed by atoms with Gasteiger partial charge in [0.2, 0.25) is 5.91 Å². The van der Waals surface area contributed by atoms with Crippen molar-refractivity contribution in [3.05, 3.63) is 29.4 Å². The highest BCUT2D eigenvalue weighted by molar-refractivity contribution is 7.18. The van der Waals surface area contributed by atoms with E-state index in [0.717, 1.165) is 21.6 Å². The summed E-state index contributed by atoms with van der Waals surface area (Å²) in [6, 6.07) is -0.343. The summed E-state index contributed by atoms with van der Waals surface area (Å²) in [6.45, 7) is 5.18. The number of thiophene rings is 1. The van der Waals surface area contributed by atoms with E-state index in [2.05, 4.69) is 44.1 Å². The predicted molar refractivity (Wildman–Crippen MR) is 121 cm³/mol. The van der Waals surface area contributed by atoms with Crippen LogP contribution >= 0.6 is 11.3 Å². The van der Waals surface area contributed by atoms with E-state index in [1.54, 1.807) is 27.1 Å². The van der Waals surface area contributed by atoms with Gasteiger partial charge in [0, 0.05) is 30.9 Å². The summed E-state index contributed by atoms with van der Waals surface area (Å²) in [6.07, 6.45) is 4.05.